The summed E-state index contributed by atoms with van der Waals surface area (Å²) in [6, 6.07) is 6.63. The monoisotopic (exact) mass is 393 g/mol. The molecule has 0 aliphatic heterocycles. The quantitative estimate of drug-likeness (QED) is 0.665. The Morgan fingerprint density at radius 1 is 1.29 bits per heavy atom. The maximum Gasteiger partial charge on any atom is 0.229 e. The van der Waals surface area contributed by atoms with Gasteiger partial charge in [-0.2, -0.15) is 0 Å². The second kappa shape index (κ2) is 5.82. The largest absolute Gasteiger partial charge is 0.338 e. The van der Waals surface area contributed by atoms with E-state index in [9.17, 15) is 9.18 Å². The fourth-order valence-electron chi connectivity index (χ4n) is 5.92. The summed E-state index contributed by atoms with van der Waals surface area (Å²) in [5, 5.41) is 0. The third kappa shape index (κ3) is 2.81. The molecule has 4 aliphatic rings. The first-order valence-electron chi connectivity index (χ1n) is 9.14. The van der Waals surface area contributed by atoms with Gasteiger partial charge in [-0.05, 0) is 75.0 Å². The number of halogens is 2. The van der Waals surface area contributed by atoms with Gasteiger partial charge in [0.25, 0.3) is 0 Å². The van der Waals surface area contributed by atoms with Crippen LogP contribution < -0.4 is 0 Å². The second-order valence-corrected chi connectivity index (χ2v) is 10.0. The Hall–Kier alpha value is -0.900. The van der Waals surface area contributed by atoms with Gasteiger partial charge in [-0.1, -0.05) is 28.1 Å². The summed E-state index contributed by atoms with van der Waals surface area (Å²) in [6.07, 6.45) is 6.84. The smallest absolute Gasteiger partial charge is 0.229 e. The van der Waals surface area contributed by atoms with Gasteiger partial charge in [0.1, 0.15) is 5.82 Å². The number of hydrogen-bond acceptors (Lipinski definition) is 1. The number of hydrogen-bond donors (Lipinski definition) is 0. The summed E-state index contributed by atoms with van der Waals surface area (Å²) in [6.45, 7) is 3.22. The first-order valence-corrected chi connectivity index (χ1v) is 9.93. The van der Waals surface area contributed by atoms with Crippen molar-refractivity contribution in [2.45, 2.75) is 56.3 Å². The molecular weight excluding hydrogens is 369 g/mol. The van der Waals surface area contributed by atoms with Crippen molar-refractivity contribution in [1.82, 2.24) is 4.90 Å². The first kappa shape index (κ1) is 16.6. The number of carbonyl (C=O) groups is 1. The maximum atomic E-state index is 13.5. The molecule has 1 aromatic rings. The van der Waals surface area contributed by atoms with Crippen LogP contribution in [0.25, 0.3) is 0 Å². The average Bonchev–Trinajstić information content (AvgIpc) is 2.49. The molecule has 4 saturated carbocycles. The number of rotatable bonds is 4. The molecule has 1 aromatic carbocycles. The van der Waals surface area contributed by atoms with Gasteiger partial charge in [-0.25, -0.2) is 4.39 Å². The Balaban J connectivity index is 1.57. The molecule has 1 amide bonds. The van der Waals surface area contributed by atoms with E-state index in [4.69, 9.17) is 0 Å². The minimum Gasteiger partial charge on any atom is -0.338 e. The lowest BCUT2D eigenvalue weighted by Gasteiger charge is -2.60. The molecule has 4 fully saturated rings. The summed E-state index contributed by atoms with van der Waals surface area (Å²) in [5.74, 6) is 1.46. The normalized spacial score (nSPS) is 36.8. The van der Waals surface area contributed by atoms with E-state index in [0.717, 1.165) is 24.8 Å². The van der Waals surface area contributed by atoms with Gasteiger partial charge >= 0.3 is 0 Å². The van der Waals surface area contributed by atoms with Gasteiger partial charge in [0.2, 0.25) is 5.91 Å². The zero-order chi connectivity index (χ0) is 16.9. The minimum atomic E-state index is -0.231. The van der Waals surface area contributed by atoms with E-state index in [1.807, 2.05) is 17.9 Å². The zero-order valence-corrected chi connectivity index (χ0v) is 15.8. The summed E-state index contributed by atoms with van der Waals surface area (Å²) >= 11 is 3.99. The molecule has 2 nitrogen and oxygen atoms in total. The van der Waals surface area contributed by atoms with Crippen molar-refractivity contribution in [3.63, 3.8) is 0 Å². The van der Waals surface area contributed by atoms with E-state index >= 15 is 0 Å². The standard InChI is InChI=1S/C20H25BrFNO/c1-2-23(12-14-4-3-5-17(22)7-14)18(24)19-8-15-6-16(9-19)11-20(21,10-15)13-19/h3-5,7,15-16H,2,6,8-13H2,1H3. The minimum absolute atomic E-state index is 0.184. The lowest BCUT2D eigenvalue weighted by Crippen LogP contribution is -2.58. The van der Waals surface area contributed by atoms with E-state index in [1.54, 1.807) is 12.1 Å². The number of alkyl halides is 1. The van der Waals surface area contributed by atoms with Gasteiger partial charge in [-0.15, -0.1) is 0 Å². The molecule has 0 saturated heterocycles. The van der Waals surface area contributed by atoms with E-state index < -0.39 is 0 Å². The van der Waals surface area contributed by atoms with Crippen LogP contribution in [0.15, 0.2) is 24.3 Å². The molecule has 0 N–H and O–H groups in total. The molecule has 0 spiro atoms. The summed E-state index contributed by atoms with van der Waals surface area (Å²) < 4.78 is 13.7. The lowest BCUT2D eigenvalue weighted by molar-refractivity contribution is -0.156. The van der Waals surface area contributed by atoms with Crippen molar-refractivity contribution < 1.29 is 9.18 Å². The molecular formula is C20H25BrFNO. The highest BCUT2D eigenvalue weighted by atomic mass is 79.9. The predicted molar refractivity (Wildman–Crippen MR) is 96.3 cm³/mol. The topological polar surface area (TPSA) is 20.3 Å². The van der Waals surface area contributed by atoms with Crippen molar-refractivity contribution in [1.29, 1.82) is 0 Å². The third-order valence-corrected chi connectivity index (χ3v) is 7.30. The number of amides is 1. The molecule has 4 bridgehead atoms. The lowest BCUT2D eigenvalue weighted by atomic mass is 9.49. The van der Waals surface area contributed by atoms with Gasteiger partial charge < -0.3 is 4.90 Å². The molecule has 2 unspecified atom stereocenters. The highest BCUT2D eigenvalue weighted by Gasteiger charge is 2.60. The van der Waals surface area contributed by atoms with E-state index in [2.05, 4.69) is 15.9 Å². The van der Waals surface area contributed by atoms with Crippen molar-refractivity contribution in [3.8, 4) is 0 Å². The van der Waals surface area contributed by atoms with Crippen molar-refractivity contribution in [2.75, 3.05) is 6.54 Å². The predicted octanol–water partition coefficient (Wildman–Crippen LogP) is 4.91. The van der Waals surface area contributed by atoms with Crippen molar-refractivity contribution in [2.24, 2.45) is 17.3 Å². The summed E-state index contributed by atoms with van der Waals surface area (Å²) in [5.41, 5.74) is 0.695. The molecule has 4 aliphatic carbocycles. The molecule has 4 heteroatoms. The first-order chi connectivity index (χ1) is 11.4. The van der Waals surface area contributed by atoms with Crippen molar-refractivity contribution >= 4 is 21.8 Å². The number of nitrogens with zero attached hydrogens (tertiary/aromatic N) is 1. The fraction of sp³-hybridized carbons (Fsp3) is 0.650. The Labute approximate surface area is 151 Å². The van der Waals surface area contributed by atoms with Crippen LogP contribution in [0.1, 0.15) is 51.0 Å². The van der Waals surface area contributed by atoms with Crippen LogP contribution in [0.2, 0.25) is 0 Å². The molecule has 24 heavy (non-hydrogen) atoms. The average molecular weight is 394 g/mol. The summed E-state index contributed by atoms with van der Waals surface area (Å²) in [4.78, 5) is 15.4. The Morgan fingerprint density at radius 3 is 2.58 bits per heavy atom. The second-order valence-electron chi connectivity index (χ2n) is 8.34. The summed E-state index contributed by atoms with van der Waals surface area (Å²) in [7, 11) is 0. The van der Waals surface area contributed by atoms with Crippen LogP contribution in [-0.2, 0) is 11.3 Å². The molecule has 0 aromatic heterocycles. The number of carbonyl (C=O) groups excluding carboxylic acids is 1. The van der Waals surface area contributed by atoms with Crippen LogP contribution in [-0.4, -0.2) is 21.7 Å². The van der Waals surface area contributed by atoms with Crippen LogP contribution >= 0.6 is 15.9 Å². The number of benzene rings is 1. The molecule has 0 radical (unpaired) electrons. The van der Waals surface area contributed by atoms with Gasteiger partial charge in [-0.3, -0.25) is 4.79 Å². The Morgan fingerprint density at radius 2 is 2.00 bits per heavy atom. The van der Waals surface area contributed by atoms with E-state index in [-0.39, 0.29) is 15.6 Å². The van der Waals surface area contributed by atoms with Crippen LogP contribution in [0.3, 0.4) is 0 Å². The van der Waals surface area contributed by atoms with E-state index in [1.165, 1.54) is 25.3 Å². The van der Waals surface area contributed by atoms with Crippen LogP contribution in [0.5, 0.6) is 0 Å². The Kier molecular flexibility index (Phi) is 4.02. The zero-order valence-electron chi connectivity index (χ0n) is 14.2. The van der Waals surface area contributed by atoms with Crippen LogP contribution in [0.4, 0.5) is 4.39 Å². The van der Waals surface area contributed by atoms with E-state index in [0.29, 0.717) is 30.8 Å². The van der Waals surface area contributed by atoms with Gasteiger partial charge in [0.05, 0.1) is 5.41 Å². The molecule has 5 rings (SSSR count). The molecule has 130 valence electrons. The molecule has 0 heterocycles. The highest BCUT2D eigenvalue weighted by molar-refractivity contribution is 9.10. The van der Waals surface area contributed by atoms with Crippen molar-refractivity contribution in [3.05, 3.63) is 35.6 Å². The Bertz CT molecular complexity index is 647. The fourth-order valence-corrected chi connectivity index (χ4v) is 7.37. The molecule has 2 atom stereocenters. The highest BCUT2D eigenvalue weighted by Crippen LogP contribution is 2.64. The maximum absolute atomic E-state index is 13.5. The third-order valence-electron chi connectivity index (χ3n) is 6.37. The van der Waals surface area contributed by atoms with Crippen LogP contribution in [0, 0.1) is 23.1 Å². The van der Waals surface area contributed by atoms with Gasteiger partial charge in [0.15, 0.2) is 0 Å². The SMILES string of the molecule is CCN(Cc1cccc(F)c1)C(=O)C12CC3CC(CC(Br)(C3)C1)C2. The van der Waals surface area contributed by atoms with Gasteiger partial charge in [0, 0.05) is 17.4 Å².